The van der Waals surface area contributed by atoms with Crippen molar-refractivity contribution < 1.29 is 8.42 Å². The van der Waals surface area contributed by atoms with Crippen molar-refractivity contribution in [2.75, 3.05) is 5.73 Å². The zero-order chi connectivity index (χ0) is 24.0. The highest BCUT2D eigenvalue weighted by atomic mass is 35.5. The van der Waals surface area contributed by atoms with Crippen LogP contribution in [0.1, 0.15) is 16.7 Å². The Bertz CT molecular complexity index is 1730. The maximum absolute atomic E-state index is 13.9. The number of rotatable bonds is 4. The van der Waals surface area contributed by atoms with Crippen LogP contribution < -0.4 is 5.73 Å². The van der Waals surface area contributed by atoms with Crippen molar-refractivity contribution in [3.63, 3.8) is 0 Å². The molecule has 3 aromatic carbocycles. The van der Waals surface area contributed by atoms with E-state index in [0.717, 1.165) is 11.1 Å². The number of para-hydroxylation sites is 2. The minimum atomic E-state index is -4.03. The lowest BCUT2D eigenvalue weighted by Gasteiger charge is -2.09. The smallest absolute Gasteiger partial charge is 0.212 e. The van der Waals surface area contributed by atoms with Crippen LogP contribution in [-0.2, 0) is 9.84 Å². The lowest BCUT2D eigenvalue weighted by atomic mass is 10.2. The number of hydrogen-bond donors (Lipinski definition) is 1. The van der Waals surface area contributed by atoms with Crippen molar-refractivity contribution in [2.45, 2.75) is 23.6 Å². The van der Waals surface area contributed by atoms with Gasteiger partial charge in [-0.3, -0.25) is 0 Å². The van der Waals surface area contributed by atoms with E-state index in [1.165, 1.54) is 4.68 Å². The second-order valence-corrected chi connectivity index (χ2v) is 10.3. The highest BCUT2D eigenvalue weighted by Crippen LogP contribution is 2.36. The van der Waals surface area contributed by atoms with Gasteiger partial charge in [-0.15, -0.1) is 0 Å². The van der Waals surface area contributed by atoms with Gasteiger partial charge in [0.15, 0.2) is 5.65 Å². The first-order valence-electron chi connectivity index (χ1n) is 10.4. The molecule has 2 heterocycles. The van der Waals surface area contributed by atoms with Crippen molar-refractivity contribution in [1.82, 2.24) is 14.6 Å². The number of sulfone groups is 1. The number of anilines is 1. The molecule has 2 aromatic heterocycles. The summed E-state index contributed by atoms with van der Waals surface area (Å²) in [6.07, 6.45) is 1.55. The summed E-state index contributed by atoms with van der Waals surface area (Å²) < 4.78 is 29.1. The van der Waals surface area contributed by atoms with Crippen LogP contribution in [0.3, 0.4) is 0 Å². The van der Waals surface area contributed by atoms with Gasteiger partial charge in [0.2, 0.25) is 9.84 Å². The minimum absolute atomic E-state index is 0.0653. The minimum Gasteiger partial charge on any atom is -0.382 e. The Morgan fingerprint density at radius 3 is 2.44 bits per heavy atom. The van der Waals surface area contributed by atoms with Gasteiger partial charge in [-0.1, -0.05) is 48.0 Å². The van der Waals surface area contributed by atoms with Crippen molar-refractivity contribution in [1.29, 1.82) is 0 Å². The van der Waals surface area contributed by atoms with Crippen LogP contribution >= 0.6 is 11.6 Å². The first-order chi connectivity index (χ1) is 16.3. The zero-order valence-corrected chi connectivity index (χ0v) is 20.0. The van der Waals surface area contributed by atoms with Crippen molar-refractivity contribution in [3.8, 4) is 0 Å². The Kier molecular flexibility index (Phi) is 5.34. The molecule has 0 atom stereocenters. The topological polar surface area (TPSA) is 103 Å². The third-order valence-electron chi connectivity index (χ3n) is 5.50. The standard InChI is InChI=1S/C25H20ClN5O2S/c1-15-10-11-16(2)21(12-15)34(32,33)23-22-25(30-20-9-4-3-8-19(20)29-22)31(24(23)27)28-14-17-6-5-7-18(26)13-17/h3-14H,27H2,1-2H3/b28-14-. The van der Waals surface area contributed by atoms with E-state index >= 15 is 0 Å². The van der Waals surface area contributed by atoms with Crippen LogP contribution in [0.15, 0.2) is 81.6 Å². The molecule has 0 aliphatic rings. The second kappa shape index (κ2) is 8.23. The number of halogens is 1. The zero-order valence-electron chi connectivity index (χ0n) is 18.4. The number of hydrogen-bond acceptors (Lipinski definition) is 6. The fourth-order valence-electron chi connectivity index (χ4n) is 3.82. The maximum atomic E-state index is 13.9. The molecule has 0 unspecified atom stereocenters. The Labute approximate surface area is 201 Å². The van der Waals surface area contributed by atoms with E-state index in [4.69, 9.17) is 17.3 Å². The quantitative estimate of drug-likeness (QED) is 0.351. The SMILES string of the molecule is Cc1ccc(C)c(S(=O)(=O)c2c(N)n(/N=C\c3cccc(Cl)c3)c3nc4ccccc4nc23)c1. The monoisotopic (exact) mass is 489 g/mol. The molecule has 0 saturated heterocycles. The number of aromatic nitrogens is 3. The van der Waals surface area contributed by atoms with E-state index < -0.39 is 9.84 Å². The van der Waals surface area contributed by atoms with Gasteiger partial charge in [-0.05, 0) is 60.9 Å². The molecule has 0 amide bonds. The number of nitrogens with two attached hydrogens (primary N) is 1. The van der Waals surface area contributed by atoms with Crippen molar-refractivity contribution in [2.24, 2.45) is 5.10 Å². The molecule has 0 fully saturated rings. The van der Waals surface area contributed by atoms with Gasteiger partial charge in [0.25, 0.3) is 0 Å². The van der Waals surface area contributed by atoms with Gasteiger partial charge in [0.05, 0.1) is 22.1 Å². The molecule has 9 heteroatoms. The maximum Gasteiger partial charge on any atom is 0.212 e. The lowest BCUT2D eigenvalue weighted by Crippen LogP contribution is -2.08. The van der Waals surface area contributed by atoms with E-state index in [2.05, 4.69) is 15.1 Å². The molecule has 0 aliphatic heterocycles. The molecule has 0 bridgehead atoms. The molecule has 5 aromatic rings. The first-order valence-corrected chi connectivity index (χ1v) is 12.3. The number of nitrogen functional groups attached to an aromatic ring is 1. The van der Waals surface area contributed by atoms with E-state index in [9.17, 15) is 8.42 Å². The summed E-state index contributed by atoms with van der Waals surface area (Å²) >= 11 is 6.08. The summed E-state index contributed by atoms with van der Waals surface area (Å²) in [7, 11) is -4.03. The molecule has 7 nitrogen and oxygen atoms in total. The normalized spacial score (nSPS) is 12.2. The van der Waals surface area contributed by atoms with Crippen LogP contribution in [0, 0.1) is 13.8 Å². The average Bonchev–Trinajstić information content (AvgIpc) is 3.08. The summed E-state index contributed by atoms with van der Waals surface area (Å²) in [6.45, 7) is 3.59. The molecule has 0 aliphatic carbocycles. The summed E-state index contributed by atoms with van der Waals surface area (Å²) in [4.78, 5) is 9.35. The predicted octanol–water partition coefficient (Wildman–Crippen LogP) is 5.15. The van der Waals surface area contributed by atoms with Gasteiger partial charge in [0.1, 0.15) is 16.2 Å². The molecular formula is C25H20ClN5O2S. The van der Waals surface area contributed by atoms with E-state index in [0.29, 0.717) is 21.6 Å². The van der Waals surface area contributed by atoms with Gasteiger partial charge in [-0.25, -0.2) is 18.4 Å². The summed E-state index contributed by atoms with van der Waals surface area (Å²) in [5, 5.41) is 5.01. The van der Waals surface area contributed by atoms with Crippen LogP contribution in [-0.4, -0.2) is 29.3 Å². The third-order valence-corrected chi connectivity index (χ3v) is 7.70. The molecule has 0 spiro atoms. The average molecular weight is 490 g/mol. The highest BCUT2D eigenvalue weighted by molar-refractivity contribution is 7.92. The summed E-state index contributed by atoms with van der Waals surface area (Å²) in [5.74, 6) is -0.0653. The molecule has 34 heavy (non-hydrogen) atoms. The van der Waals surface area contributed by atoms with Gasteiger partial charge < -0.3 is 5.73 Å². The predicted molar refractivity (Wildman–Crippen MR) is 135 cm³/mol. The van der Waals surface area contributed by atoms with E-state index in [-0.39, 0.29) is 26.8 Å². The molecule has 170 valence electrons. The van der Waals surface area contributed by atoms with Crippen LogP contribution in [0.5, 0.6) is 0 Å². The Balaban J connectivity index is 1.82. The summed E-state index contributed by atoms with van der Waals surface area (Å²) in [6, 6.07) is 19.6. The second-order valence-electron chi connectivity index (χ2n) is 7.98. The molecule has 5 rings (SSSR count). The van der Waals surface area contributed by atoms with Crippen molar-refractivity contribution in [3.05, 3.63) is 88.4 Å². The fraction of sp³-hybridized carbons (Fsp3) is 0.0800. The third kappa shape index (κ3) is 3.70. The fourth-order valence-corrected chi connectivity index (χ4v) is 5.83. The summed E-state index contributed by atoms with van der Waals surface area (Å²) in [5.41, 5.74) is 10.2. The van der Waals surface area contributed by atoms with E-state index in [1.807, 2.05) is 31.2 Å². The number of nitrogens with zero attached hydrogens (tertiary/aromatic N) is 4. The number of fused-ring (bicyclic) bond motifs is 2. The molecule has 0 saturated carbocycles. The first kappa shape index (κ1) is 22.1. The molecule has 0 radical (unpaired) electrons. The molecule has 2 N–H and O–H groups in total. The van der Waals surface area contributed by atoms with Crippen LogP contribution in [0.2, 0.25) is 5.02 Å². The van der Waals surface area contributed by atoms with Crippen LogP contribution in [0.4, 0.5) is 5.82 Å². The van der Waals surface area contributed by atoms with Gasteiger partial charge >= 0.3 is 0 Å². The highest BCUT2D eigenvalue weighted by Gasteiger charge is 2.31. The largest absolute Gasteiger partial charge is 0.382 e. The number of benzene rings is 3. The Morgan fingerprint density at radius 2 is 1.71 bits per heavy atom. The van der Waals surface area contributed by atoms with Gasteiger partial charge in [-0.2, -0.15) is 9.78 Å². The van der Waals surface area contributed by atoms with Gasteiger partial charge in [0, 0.05) is 5.02 Å². The van der Waals surface area contributed by atoms with E-state index in [1.54, 1.807) is 55.6 Å². The Hall–Kier alpha value is -3.75. The Morgan fingerprint density at radius 1 is 0.971 bits per heavy atom. The van der Waals surface area contributed by atoms with Crippen molar-refractivity contribution >= 4 is 55.7 Å². The number of aryl methyl sites for hydroxylation is 2. The molecular weight excluding hydrogens is 470 g/mol. The van der Waals surface area contributed by atoms with Crippen LogP contribution in [0.25, 0.3) is 22.2 Å². The lowest BCUT2D eigenvalue weighted by molar-refractivity contribution is 0.596.